The van der Waals surface area contributed by atoms with E-state index in [0.29, 0.717) is 0 Å². The van der Waals surface area contributed by atoms with Gasteiger partial charge in [0.15, 0.2) is 6.10 Å². The lowest BCUT2D eigenvalue weighted by molar-refractivity contribution is -0.191. The molecule has 4 rings (SSSR count). The third kappa shape index (κ3) is 6.07. The minimum absolute atomic E-state index is 0.00771. The van der Waals surface area contributed by atoms with E-state index in [0.717, 1.165) is 32.7 Å². The van der Waals surface area contributed by atoms with Gasteiger partial charge in [-0.3, -0.25) is 0 Å². The number of β-amino-alcohol motifs (C(OH)–C–C–N with tert-alkyl or cyclic N) is 1. The number of nitrogens with one attached hydrogen (secondary N) is 1. The number of aliphatic hydroxyl groups is 1. The van der Waals surface area contributed by atoms with E-state index in [-0.39, 0.29) is 10.9 Å². The van der Waals surface area contributed by atoms with Gasteiger partial charge in [0.05, 0.1) is 23.6 Å². The number of hydrazine groups is 1. The van der Waals surface area contributed by atoms with Gasteiger partial charge in [-0.15, -0.1) is 0 Å². The van der Waals surface area contributed by atoms with Gasteiger partial charge in [0.2, 0.25) is 10.0 Å². The van der Waals surface area contributed by atoms with Gasteiger partial charge in [0.1, 0.15) is 11.6 Å². The van der Waals surface area contributed by atoms with Crippen LogP contribution in [0.1, 0.15) is 46.1 Å². The number of hydrogen-bond acceptors (Lipinski definition) is 9. The van der Waals surface area contributed by atoms with E-state index in [1.54, 1.807) is 39.8 Å². The Kier molecular flexibility index (Phi) is 8.01. The average Bonchev–Trinajstić information content (AvgIpc) is 3.56. The van der Waals surface area contributed by atoms with E-state index in [1.165, 1.54) is 12.1 Å². The summed E-state index contributed by atoms with van der Waals surface area (Å²) in [6, 6.07) is 4.81. The zero-order valence-electron chi connectivity index (χ0n) is 22.7. The zero-order chi connectivity index (χ0) is 28.7. The number of benzene rings is 1. The summed E-state index contributed by atoms with van der Waals surface area (Å²) in [6.45, 7) is 6.94. The van der Waals surface area contributed by atoms with Crippen molar-refractivity contribution >= 4 is 28.3 Å². The molecule has 2 N–H and O–H groups in total. The number of sulfonamides is 1. The fraction of sp³-hybridized carbons (Fsp3) is 0.640. The summed E-state index contributed by atoms with van der Waals surface area (Å²) in [7, 11) is -4.14. The first kappa shape index (κ1) is 28.9. The number of carbonyl (C=O) groups excluding carboxylic acids is 3. The second-order valence-electron chi connectivity index (χ2n) is 10.7. The fourth-order valence-electron chi connectivity index (χ4n) is 4.63. The van der Waals surface area contributed by atoms with Crippen LogP contribution in [0.5, 0.6) is 0 Å². The van der Waals surface area contributed by atoms with Crippen LogP contribution in [0, 0.1) is 6.92 Å². The highest BCUT2D eigenvalue weighted by molar-refractivity contribution is 7.89. The zero-order valence-corrected chi connectivity index (χ0v) is 23.5. The predicted molar refractivity (Wildman–Crippen MR) is 137 cm³/mol. The molecule has 2 aliphatic heterocycles. The monoisotopic (exact) mass is 568 g/mol. The molecule has 3 fully saturated rings. The summed E-state index contributed by atoms with van der Waals surface area (Å²) in [5.74, 6) is 0. The Morgan fingerprint density at radius 2 is 1.59 bits per heavy atom. The molecule has 0 bridgehead atoms. The van der Waals surface area contributed by atoms with Crippen molar-refractivity contribution in [3.63, 3.8) is 0 Å². The number of rotatable bonds is 6. The highest BCUT2D eigenvalue weighted by atomic mass is 32.2. The molecule has 13 nitrogen and oxygen atoms in total. The molecule has 1 aromatic rings. The number of carbonyl (C=O) groups is 3. The minimum Gasteiger partial charge on any atom is -0.445 e. The minimum atomic E-state index is -4.14. The van der Waals surface area contributed by atoms with Gasteiger partial charge >= 0.3 is 18.3 Å². The van der Waals surface area contributed by atoms with Gasteiger partial charge < -0.3 is 24.6 Å². The van der Waals surface area contributed by atoms with Crippen LogP contribution >= 0.6 is 0 Å². The van der Waals surface area contributed by atoms with Crippen LogP contribution in [0.25, 0.3) is 0 Å². The lowest BCUT2D eigenvalue weighted by Gasteiger charge is -2.50. The van der Waals surface area contributed by atoms with Crippen molar-refractivity contribution in [3.05, 3.63) is 29.8 Å². The molecule has 1 saturated carbocycles. The number of amides is 3. The van der Waals surface area contributed by atoms with Crippen LogP contribution in [0.3, 0.4) is 0 Å². The molecule has 0 aromatic heterocycles. The molecular weight excluding hydrogens is 532 g/mol. The van der Waals surface area contributed by atoms with Crippen molar-refractivity contribution in [2.75, 3.05) is 19.6 Å². The van der Waals surface area contributed by atoms with Gasteiger partial charge in [-0.1, -0.05) is 17.7 Å². The van der Waals surface area contributed by atoms with Crippen LogP contribution in [-0.4, -0.2) is 102 Å². The molecule has 39 heavy (non-hydrogen) atoms. The van der Waals surface area contributed by atoms with Crippen LogP contribution in [0.4, 0.5) is 14.4 Å². The lowest BCUT2D eigenvalue weighted by atomic mass is 9.88. The normalized spacial score (nSPS) is 25.4. The van der Waals surface area contributed by atoms with Crippen LogP contribution in [-0.2, 0) is 24.2 Å². The summed E-state index contributed by atoms with van der Waals surface area (Å²) < 4.78 is 44.5. The quantitative estimate of drug-likeness (QED) is 0.490. The Hall–Kier alpha value is -3.10. The highest BCUT2D eigenvalue weighted by Crippen LogP contribution is 2.39. The number of ether oxygens (including phenoxy) is 3. The summed E-state index contributed by atoms with van der Waals surface area (Å²) in [6.07, 6.45) is -3.68. The molecular formula is C25H36N4O9S. The van der Waals surface area contributed by atoms with Crippen molar-refractivity contribution in [1.29, 1.82) is 0 Å². The number of nitrogens with zero attached hydrogens (tertiary/aromatic N) is 3. The molecule has 3 aliphatic rings. The van der Waals surface area contributed by atoms with Crippen LogP contribution in [0.15, 0.2) is 29.2 Å². The second-order valence-corrected chi connectivity index (χ2v) is 12.7. The SMILES string of the molecule is Cc1ccc(S(=O)(=O)N2C[C@H]3N(C(=O)OC(C)C)N(C(=O)OC(C)C)C[C@H](OC(=O)NC4CC4)[C@@]3(O)C2)cc1. The molecule has 14 heteroatoms. The van der Waals surface area contributed by atoms with Crippen molar-refractivity contribution in [2.45, 2.75) is 88.4 Å². The first-order valence-corrected chi connectivity index (χ1v) is 14.4. The van der Waals surface area contributed by atoms with Crippen molar-refractivity contribution in [2.24, 2.45) is 0 Å². The van der Waals surface area contributed by atoms with Crippen LogP contribution < -0.4 is 5.32 Å². The number of fused-ring (bicyclic) bond motifs is 1. The van der Waals surface area contributed by atoms with E-state index in [9.17, 15) is 27.9 Å². The van der Waals surface area contributed by atoms with Gasteiger partial charge in [-0.25, -0.2) is 32.8 Å². The fourth-order valence-corrected chi connectivity index (χ4v) is 6.12. The molecule has 3 atom stereocenters. The van der Waals surface area contributed by atoms with E-state index in [2.05, 4.69) is 5.32 Å². The van der Waals surface area contributed by atoms with Gasteiger partial charge in [0.25, 0.3) is 0 Å². The first-order valence-electron chi connectivity index (χ1n) is 13.0. The predicted octanol–water partition coefficient (Wildman–Crippen LogP) is 1.98. The Labute approximate surface area is 228 Å². The molecule has 1 aliphatic carbocycles. The Morgan fingerprint density at radius 1 is 1.00 bits per heavy atom. The molecule has 0 spiro atoms. The van der Waals surface area contributed by atoms with Gasteiger partial charge in [-0.2, -0.15) is 4.31 Å². The van der Waals surface area contributed by atoms with Gasteiger partial charge in [-0.05, 0) is 59.6 Å². The third-order valence-electron chi connectivity index (χ3n) is 6.71. The topological polar surface area (TPSA) is 155 Å². The summed E-state index contributed by atoms with van der Waals surface area (Å²) >= 11 is 0. The molecule has 1 aromatic carbocycles. The first-order chi connectivity index (χ1) is 18.2. The molecule has 0 radical (unpaired) electrons. The smallest absolute Gasteiger partial charge is 0.429 e. The number of hydrogen-bond donors (Lipinski definition) is 2. The molecule has 3 amide bonds. The summed E-state index contributed by atoms with van der Waals surface area (Å²) in [5.41, 5.74) is -1.21. The summed E-state index contributed by atoms with van der Waals surface area (Å²) in [4.78, 5) is 39.0. The Bertz CT molecular complexity index is 1200. The number of aryl methyl sites for hydroxylation is 1. The maximum absolute atomic E-state index is 13.6. The maximum atomic E-state index is 13.6. The van der Waals surface area contributed by atoms with Crippen molar-refractivity contribution in [3.8, 4) is 0 Å². The molecule has 0 unspecified atom stereocenters. The number of alkyl carbamates (subject to hydrolysis) is 1. The van der Waals surface area contributed by atoms with E-state index >= 15 is 0 Å². The van der Waals surface area contributed by atoms with Crippen molar-refractivity contribution < 1.29 is 42.1 Å². The molecule has 2 heterocycles. The van der Waals surface area contributed by atoms with E-state index < -0.39 is 77.9 Å². The average molecular weight is 569 g/mol. The van der Waals surface area contributed by atoms with Crippen molar-refractivity contribution in [1.82, 2.24) is 19.6 Å². The Balaban J connectivity index is 1.74. The maximum Gasteiger partial charge on any atom is 0.429 e. The lowest BCUT2D eigenvalue weighted by Crippen LogP contribution is -2.73. The third-order valence-corrected chi connectivity index (χ3v) is 8.54. The highest BCUT2D eigenvalue weighted by Gasteiger charge is 2.64. The Morgan fingerprint density at radius 3 is 2.15 bits per heavy atom. The largest absolute Gasteiger partial charge is 0.445 e. The van der Waals surface area contributed by atoms with Gasteiger partial charge in [0, 0.05) is 19.1 Å². The van der Waals surface area contributed by atoms with E-state index in [4.69, 9.17) is 14.2 Å². The molecule has 2 saturated heterocycles. The standard InChI is InChI=1S/C25H36N4O9S/c1-15(2)36-23(31)28-13-21(38-22(30)26-18-8-9-18)25(33)14-27(12-20(25)29(28)24(32)37-16(3)4)39(34,35)19-10-6-17(5)7-11-19/h6-7,10-11,15-16,18,20-21,33H,8-9,12-14H2,1-5H3,(H,26,30)/t20-,21+,25-/m1/s1. The molecule has 216 valence electrons. The van der Waals surface area contributed by atoms with Crippen LogP contribution in [0.2, 0.25) is 0 Å². The van der Waals surface area contributed by atoms with E-state index in [1.807, 2.05) is 6.92 Å². The second kappa shape index (κ2) is 10.8. The summed E-state index contributed by atoms with van der Waals surface area (Å²) in [5, 5.41) is 16.4.